The summed E-state index contributed by atoms with van der Waals surface area (Å²) in [5.41, 5.74) is 3.07. The number of benzene rings is 2. The van der Waals surface area contributed by atoms with Gasteiger partial charge in [0.2, 0.25) is 6.79 Å². The molecule has 1 aromatic heterocycles. The lowest BCUT2D eigenvalue weighted by atomic mass is 10.0. The first-order valence-electron chi connectivity index (χ1n) is 9.35. The van der Waals surface area contributed by atoms with Crippen molar-refractivity contribution in [2.45, 2.75) is 26.2 Å². The van der Waals surface area contributed by atoms with E-state index in [2.05, 4.69) is 30.2 Å². The summed E-state index contributed by atoms with van der Waals surface area (Å²) in [5.74, 6) is 1.41. The van der Waals surface area contributed by atoms with Crippen molar-refractivity contribution in [1.82, 2.24) is 10.3 Å². The van der Waals surface area contributed by atoms with E-state index in [1.165, 1.54) is 5.56 Å². The molecule has 1 aliphatic heterocycles. The third-order valence-corrected chi connectivity index (χ3v) is 4.93. The summed E-state index contributed by atoms with van der Waals surface area (Å²) in [6.45, 7) is 4.81. The number of fused-ring (bicyclic) bond motifs is 2. The maximum atomic E-state index is 12.4. The minimum atomic E-state index is -0.211. The van der Waals surface area contributed by atoms with Gasteiger partial charge < -0.3 is 19.8 Å². The average Bonchev–Trinajstić information content (AvgIpc) is 3.15. The van der Waals surface area contributed by atoms with Gasteiger partial charge in [-0.1, -0.05) is 19.9 Å². The Labute approximate surface area is 162 Å². The number of aromatic amines is 1. The lowest BCUT2D eigenvalue weighted by Gasteiger charge is -2.09. The lowest BCUT2D eigenvalue weighted by Crippen LogP contribution is -2.27. The first-order valence-corrected chi connectivity index (χ1v) is 9.35. The molecule has 0 atom stereocenters. The number of H-pyrrole nitrogens is 1. The molecule has 0 bridgehead atoms. The highest BCUT2D eigenvalue weighted by atomic mass is 16.7. The molecule has 28 heavy (non-hydrogen) atoms. The molecule has 1 amide bonds. The van der Waals surface area contributed by atoms with Crippen LogP contribution >= 0.6 is 0 Å². The number of pyridine rings is 1. The zero-order valence-electron chi connectivity index (χ0n) is 15.9. The molecule has 2 aromatic carbocycles. The van der Waals surface area contributed by atoms with Gasteiger partial charge in [0.1, 0.15) is 0 Å². The van der Waals surface area contributed by atoms with E-state index in [1.807, 2.05) is 18.2 Å². The van der Waals surface area contributed by atoms with Crippen LogP contribution in [0, 0.1) is 0 Å². The highest BCUT2D eigenvalue weighted by Gasteiger charge is 2.16. The van der Waals surface area contributed by atoms with E-state index in [-0.39, 0.29) is 18.3 Å². The van der Waals surface area contributed by atoms with Crippen molar-refractivity contribution in [2.75, 3.05) is 13.3 Å². The summed E-state index contributed by atoms with van der Waals surface area (Å²) >= 11 is 0. The fourth-order valence-corrected chi connectivity index (χ4v) is 3.27. The molecule has 0 radical (unpaired) electrons. The highest BCUT2D eigenvalue weighted by molar-refractivity contribution is 5.95. The average molecular weight is 378 g/mol. The van der Waals surface area contributed by atoms with Crippen molar-refractivity contribution in [3.8, 4) is 11.5 Å². The van der Waals surface area contributed by atoms with Crippen LogP contribution in [-0.4, -0.2) is 24.2 Å². The van der Waals surface area contributed by atoms with E-state index in [4.69, 9.17) is 9.47 Å². The van der Waals surface area contributed by atoms with E-state index in [1.54, 1.807) is 18.2 Å². The molecule has 0 aliphatic carbocycles. The van der Waals surface area contributed by atoms with Gasteiger partial charge >= 0.3 is 0 Å². The second-order valence-corrected chi connectivity index (χ2v) is 7.20. The van der Waals surface area contributed by atoms with Crippen LogP contribution in [0.1, 0.15) is 41.3 Å². The number of ether oxygens (including phenoxy) is 2. The van der Waals surface area contributed by atoms with Crippen molar-refractivity contribution in [3.05, 3.63) is 69.5 Å². The second-order valence-electron chi connectivity index (χ2n) is 7.20. The molecule has 6 nitrogen and oxygen atoms in total. The summed E-state index contributed by atoms with van der Waals surface area (Å²) < 4.78 is 10.5. The quantitative estimate of drug-likeness (QED) is 0.713. The molecule has 2 heterocycles. The van der Waals surface area contributed by atoms with Crippen LogP contribution in [0.15, 0.2) is 47.3 Å². The van der Waals surface area contributed by atoms with Gasteiger partial charge in [0, 0.05) is 23.2 Å². The van der Waals surface area contributed by atoms with E-state index >= 15 is 0 Å². The Balaban J connectivity index is 1.45. The maximum Gasteiger partial charge on any atom is 0.251 e. The Hall–Kier alpha value is -3.28. The number of nitrogens with one attached hydrogen (secondary N) is 2. The molecular formula is C22H22N2O4. The number of hydrogen-bond acceptors (Lipinski definition) is 4. The number of amides is 1. The van der Waals surface area contributed by atoms with Crippen LogP contribution in [0.25, 0.3) is 10.9 Å². The third kappa shape index (κ3) is 3.58. The standard InChI is InChI=1S/C22H22N2O4/c1-13(2)14-3-5-18-17(9-14)10-16(22(26)24-18)7-8-23-21(25)15-4-6-19-20(11-15)28-12-27-19/h3-6,9-11,13H,7-8,12H2,1-2H3,(H,23,25)(H,24,26). The van der Waals surface area contributed by atoms with Crippen molar-refractivity contribution in [1.29, 1.82) is 0 Å². The number of carbonyl (C=O) groups excluding carboxylic acids is 1. The Bertz CT molecular complexity index is 1100. The molecule has 2 N–H and O–H groups in total. The van der Waals surface area contributed by atoms with E-state index in [0.717, 1.165) is 10.9 Å². The first-order chi connectivity index (χ1) is 13.5. The third-order valence-electron chi connectivity index (χ3n) is 4.93. The van der Waals surface area contributed by atoms with Crippen LogP contribution in [0.5, 0.6) is 11.5 Å². The SMILES string of the molecule is CC(C)c1ccc2[nH]c(=O)c(CCNC(=O)c3ccc4c(c3)OCO4)cc2c1. The van der Waals surface area contributed by atoms with Crippen LogP contribution in [0.4, 0.5) is 0 Å². The molecule has 0 saturated heterocycles. The summed E-state index contributed by atoms with van der Waals surface area (Å²) in [7, 11) is 0. The highest BCUT2D eigenvalue weighted by Crippen LogP contribution is 2.32. The maximum absolute atomic E-state index is 12.4. The van der Waals surface area contributed by atoms with Crippen molar-refractivity contribution < 1.29 is 14.3 Å². The molecule has 6 heteroatoms. The Morgan fingerprint density at radius 3 is 2.75 bits per heavy atom. The zero-order valence-corrected chi connectivity index (χ0v) is 15.9. The molecule has 0 spiro atoms. The summed E-state index contributed by atoms with van der Waals surface area (Å²) in [6, 6.07) is 13.1. The minimum absolute atomic E-state index is 0.123. The van der Waals surface area contributed by atoms with Gasteiger partial charge in [0.05, 0.1) is 0 Å². The molecule has 0 saturated carbocycles. The smallest absolute Gasteiger partial charge is 0.251 e. The summed E-state index contributed by atoms with van der Waals surface area (Å²) in [4.78, 5) is 27.6. The molecular weight excluding hydrogens is 356 g/mol. The fourth-order valence-electron chi connectivity index (χ4n) is 3.27. The molecule has 0 fully saturated rings. The second kappa shape index (κ2) is 7.38. The minimum Gasteiger partial charge on any atom is -0.454 e. The number of carbonyl (C=O) groups is 1. The van der Waals surface area contributed by atoms with E-state index in [9.17, 15) is 9.59 Å². The van der Waals surface area contributed by atoms with Crippen LogP contribution in [0.2, 0.25) is 0 Å². The molecule has 1 aliphatic rings. The van der Waals surface area contributed by atoms with Crippen LogP contribution < -0.4 is 20.3 Å². The Morgan fingerprint density at radius 1 is 1.11 bits per heavy atom. The van der Waals surface area contributed by atoms with Gasteiger partial charge in [0.15, 0.2) is 11.5 Å². The Kier molecular flexibility index (Phi) is 4.77. The number of rotatable bonds is 5. The van der Waals surface area contributed by atoms with Crippen molar-refractivity contribution in [2.24, 2.45) is 0 Å². The van der Waals surface area contributed by atoms with E-state index in [0.29, 0.717) is 41.5 Å². The van der Waals surface area contributed by atoms with Gasteiger partial charge in [-0.15, -0.1) is 0 Å². The monoisotopic (exact) mass is 378 g/mol. The first kappa shape index (κ1) is 18.1. The van der Waals surface area contributed by atoms with Gasteiger partial charge in [-0.2, -0.15) is 0 Å². The number of hydrogen-bond donors (Lipinski definition) is 2. The summed E-state index contributed by atoms with van der Waals surface area (Å²) in [5, 5.41) is 3.86. The number of aromatic nitrogens is 1. The van der Waals surface area contributed by atoms with Gasteiger partial charge in [0.25, 0.3) is 11.5 Å². The van der Waals surface area contributed by atoms with Crippen LogP contribution in [-0.2, 0) is 6.42 Å². The van der Waals surface area contributed by atoms with E-state index < -0.39 is 0 Å². The predicted molar refractivity (Wildman–Crippen MR) is 107 cm³/mol. The lowest BCUT2D eigenvalue weighted by molar-refractivity contribution is 0.0953. The van der Waals surface area contributed by atoms with Gasteiger partial charge in [-0.3, -0.25) is 9.59 Å². The normalized spacial score (nSPS) is 12.5. The molecule has 4 rings (SSSR count). The largest absolute Gasteiger partial charge is 0.454 e. The van der Waals surface area contributed by atoms with Gasteiger partial charge in [-0.25, -0.2) is 0 Å². The molecule has 144 valence electrons. The fraction of sp³-hybridized carbons (Fsp3) is 0.273. The summed E-state index contributed by atoms with van der Waals surface area (Å²) in [6.07, 6.45) is 0.452. The molecule has 0 unspecified atom stereocenters. The van der Waals surface area contributed by atoms with Crippen molar-refractivity contribution >= 4 is 16.8 Å². The zero-order chi connectivity index (χ0) is 19.7. The molecule has 3 aromatic rings. The predicted octanol–water partition coefficient (Wildman–Crippen LogP) is 3.35. The van der Waals surface area contributed by atoms with Crippen LogP contribution in [0.3, 0.4) is 0 Å². The Morgan fingerprint density at radius 2 is 1.93 bits per heavy atom. The van der Waals surface area contributed by atoms with Crippen molar-refractivity contribution in [3.63, 3.8) is 0 Å². The topological polar surface area (TPSA) is 80.4 Å². The van der Waals surface area contributed by atoms with Gasteiger partial charge in [-0.05, 0) is 59.7 Å².